The molecule has 0 saturated carbocycles. The van der Waals surface area contributed by atoms with Crippen molar-refractivity contribution < 1.29 is 23.7 Å². The van der Waals surface area contributed by atoms with Crippen LogP contribution in [0.3, 0.4) is 0 Å². The average Bonchev–Trinajstić information content (AvgIpc) is 3.02. The average molecular weight is 573 g/mol. The summed E-state index contributed by atoms with van der Waals surface area (Å²) in [5.74, 6) is 0.859. The van der Waals surface area contributed by atoms with Crippen LogP contribution in [0.2, 0.25) is 5.02 Å². The highest BCUT2D eigenvalue weighted by molar-refractivity contribution is 6.31. The molecule has 4 aromatic carbocycles. The largest absolute Gasteiger partial charge is 0.494 e. The Morgan fingerprint density at radius 3 is 2.07 bits per heavy atom. The van der Waals surface area contributed by atoms with Gasteiger partial charge in [0.15, 0.2) is 6.29 Å². The number of methoxy groups -OCH3 is 1. The van der Waals surface area contributed by atoms with Gasteiger partial charge in [0.25, 0.3) is 0 Å². The zero-order valence-electron chi connectivity index (χ0n) is 23.6. The summed E-state index contributed by atoms with van der Waals surface area (Å²) in [7, 11) is 1.67. The Morgan fingerprint density at radius 2 is 1.44 bits per heavy atom. The Kier molecular flexibility index (Phi) is 10.5. The van der Waals surface area contributed by atoms with Crippen molar-refractivity contribution in [1.29, 1.82) is 0 Å². The van der Waals surface area contributed by atoms with Gasteiger partial charge >= 0.3 is 0 Å². The fraction of sp³-hybridized carbons (Fsp3) is 0.314. The summed E-state index contributed by atoms with van der Waals surface area (Å²) in [5, 5.41) is 0.709. The first-order valence-electron chi connectivity index (χ1n) is 14.1. The molecule has 41 heavy (non-hydrogen) atoms. The van der Waals surface area contributed by atoms with E-state index in [2.05, 4.69) is 42.5 Å². The van der Waals surface area contributed by atoms with Crippen molar-refractivity contribution in [2.45, 2.75) is 57.6 Å². The van der Waals surface area contributed by atoms with Gasteiger partial charge in [-0.3, -0.25) is 0 Å². The van der Waals surface area contributed by atoms with Crippen LogP contribution in [0.4, 0.5) is 0 Å². The van der Waals surface area contributed by atoms with E-state index in [1.807, 2.05) is 67.6 Å². The highest BCUT2D eigenvalue weighted by Gasteiger charge is 2.41. The van der Waals surface area contributed by atoms with E-state index in [-0.39, 0.29) is 12.2 Å². The molecule has 3 unspecified atom stereocenters. The van der Waals surface area contributed by atoms with Gasteiger partial charge in [0, 0.05) is 18.6 Å². The van der Waals surface area contributed by atoms with Crippen LogP contribution in [-0.4, -0.2) is 32.2 Å². The van der Waals surface area contributed by atoms with Crippen molar-refractivity contribution in [2.75, 3.05) is 13.7 Å². The summed E-state index contributed by atoms with van der Waals surface area (Å²) in [6, 6.07) is 34.6. The highest BCUT2D eigenvalue weighted by Crippen LogP contribution is 2.38. The van der Waals surface area contributed by atoms with Crippen molar-refractivity contribution >= 4 is 11.6 Å². The summed E-state index contributed by atoms with van der Waals surface area (Å²) in [6.07, 6.45) is -0.190. The molecule has 1 aliphatic heterocycles. The van der Waals surface area contributed by atoms with Gasteiger partial charge in [-0.2, -0.15) is 0 Å². The second-order valence-electron chi connectivity index (χ2n) is 10.2. The molecule has 1 fully saturated rings. The summed E-state index contributed by atoms with van der Waals surface area (Å²) in [5.41, 5.74) is 5.33. The van der Waals surface area contributed by atoms with Gasteiger partial charge < -0.3 is 23.7 Å². The Hall–Kier alpha value is -3.19. The lowest BCUT2D eigenvalue weighted by molar-refractivity contribution is -0.266. The molecule has 0 aromatic heterocycles. The third-order valence-electron chi connectivity index (χ3n) is 7.27. The van der Waals surface area contributed by atoms with E-state index in [0.29, 0.717) is 37.7 Å². The lowest BCUT2D eigenvalue weighted by atomic mass is 9.92. The first kappa shape index (κ1) is 29.3. The fourth-order valence-corrected chi connectivity index (χ4v) is 5.32. The zero-order valence-corrected chi connectivity index (χ0v) is 24.3. The molecule has 5 rings (SSSR count). The third kappa shape index (κ3) is 7.97. The Labute approximate surface area is 247 Å². The third-order valence-corrected chi connectivity index (χ3v) is 7.64. The Morgan fingerprint density at radius 1 is 0.780 bits per heavy atom. The van der Waals surface area contributed by atoms with E-state index in [9.17, 15) is 0 Å². The standard InChI is InChI=1S/C35H37ClO5/c1-3-38-30-17-14-25(15-18-30)20-29-21-28(16-19-31(29)36)34-35(40-24-27-12-8-5-9-13-27)32(22-33(37-2)41-34)39-23-26-10-6-4-7-11-26/h4-19,21,32-35H,3,20,22-24H2,1-2H3/t32?,33?,34?,35-/m1/s1. The van der Waals surface area contributed by atoms with Crippen molar-refractivity contribution in [2.24, 2.45) is 0 Å². The number of benzene rings is 4. The van der Waals surface area contributed by atoms with E-state index in [4.69, 9.17) is 35.3 Å². The summed E-state index contributed by atoms with van der Waals surface area (Å²) in [4.78, 5) is 0. The van der Waals surface area contributed by atoms with Gasteiger partial charge in [-0.05, 0) is 59.4 Å². The van der Waals surface area contributed by atoms with Crippen LogP contribution in [0.15, 0.2) is 103 Å². The maximum absolute atomic E-state index is 6.70. The minimum absolute atomic E-state index is 0.243. The predicted octanol–water partition coefficient (Wildman–Crippen LogP) is 7.93. The molecule has 0 N–H and O–H groups in total. The minimum Gasteiger partial charge on any atom is -0.494 e. The van der Waals surface area contributed by atoms with Crippen LogP contribution in [-0.2, 0) is 38.6 Å². The lowest BCUT2D eigenvalue weighted by Crippen LogP contribution is -2.47. The van der Waals surface area contributed by atoms with Gasteiger partial charge in [0.05, 0.1) is 25.9 Å². The van der Waals surface area contributed by atoms with Gasteiger partial charge in [0.2, 0.25) is 0 Å². The molecule has 0 radical (unpaired) electrons. The molecule has 0 spiro atoms. The summed E-state index contributed by atoms with van der Waals surface area (Å²) >= 11 is 6.70. The molecule has 6 heteroatoms. The molecule has 214 valence electrons. The molecule has 1 saturated heterocycles. The number of hydrogen-bond acceptors (Lipinski definition) is 5. The van der Waals surface area contributed by atoms with Crippen molar-refractivity contribution in [1.82, 2.24) is 0 Å². The zero-order chi connectivity index (χ0) is 28.4. The predicted molar refractivity (Wildman–Crippen MR) is 161 cm³/mol. The van der Waals surface area contributed by atoms with Crippen LogP contribution in [0.5, 0.6) is 5.75 Å². The maximum atomic E-state index is 6.70. The van der Waals surface area contributed by atoms with Gasteiger partial charge in [-0.1, -0.05) is 96.5 Å². The quantitative estimate of drug-likeness (QED) is 0.172. The second-order valence-corrected chi connectivity index (χ2v) is 10.6. The van der Waals surface area contributed by atoms with Crippen molar-refractivity contribution in [3.05, 3.63) is 136 Å². The maximum Gasteiger partial charge on any atom is 0.160 e. The molecular formula is C35H37ClO5. The van der Waals surface area contributed by atoms with Crippen LogP contribution < -0.4 is 4.74 Å². The fourth-order valence-electron chi connectivity index (χ4n) is 5.13. The van der Waals surface area contributed by atoms with E-state index in [1.165, 1.54) is 0 Å². The monoisotopic (exact) mass is 572 g/mol. The van der Waals surface area contributed by atoms with Gasteiger partial charge in [0.1, 0.15) is 18.0 Å². The van der Waals surface area contributed by atoms with Crippen LogP contribution >= 0.6 is 11.6 Å². The summed E-state index contributed by atoms with van der Waals surface area (Å²) < 4.78 is 30.9. The minimum atomic E-state index is -0.428. The number of hydrogen-bond donors (Lipinski definition) is 0. The number of rotatable bonds is 12. The SMILES string of the molecule is CCOc1ccc(Cc2cc(C3OC(OC)CC(OCc4ccccc4)[C@H]3OCc3ccccc3)ccc2Cl)cc1. The summed E-state index contributed by atoms with van der Waals surface area (Å²) in [6.45, 7) is 3.54. The molecule has 5 nitrogen and oxygen atoms in total. The smallest absolute Gasteiger partial charge is 0.160 e. The van der Waals surface area contributed by atoms with Crippen LogP contribution in [0.1, 0.15) is 47.3 Å². The molecule has 1 aliphatic rings. The van der Waals surface area contributed by atoms with Gasteiger partial charge in [-0.25, -0.2) is 0 Å². The first-order chi connectivity index (χ1) is 20.1. The molecule has 0 bridgehead atoms. The molecule has 4 atom stereocenters. The van der Waals surface area contributed by atoms with E-state index in [0.717, 1.165) is 33.6 Å². The molecule has 1 heterocycles. The van der Waals surface area contributed by atoms with E-state index in [1.54, 1.807) is 7.11 Å². The number of ether oxygens (including phenoxy) is 5. The van der Waals surface area contributed by atoms with Crippen molar-refractivity contribution in [3.63, 3.8) is 0 Å². The molecule has 0 amide bonds. The topological polar surface area (TPSA) is 46.2 Å². The van der Waals surface area contributed by atoms with Gasteiger partial charge in [-0.15, -0.1) is 0 Å². The Balaban J connectivity index is 1.41. The van der Waals surface area contributed by atoms with Crippen LogP contribution in [0.25, 0.3) is 0 Å². The lowest BCUT2D eigenvalue weighted by Gasteiger charge is -2.41. The van der Waals surface area contributed by atoms with E-state index < -0.39 is 12.4 Å². The van der Waals surface area contributed by atoms with Crippen LogP contribution in [0, 0.1) is 0 Å². The highest BCUT2D eigenvalue weighted by atomic mass is 35.5. The first-order valence-corrected chi connectivity index (χ1v) is 14.5. The second kappa shape index (κ2) is 14.6. The van der Waals surface area contributed by atoms with E-state index >= 15 is 0 Å². The normalized spacial score (nSPS) is 20.6. The molecular weight excluding hydrogens is 536 g/mol. The Bertz CT molecular complexity index is 1350. The molecule has 4 aromatic rings. The van der Waals surface area contributed by atoms with Crippen molar-refractivity contribution in [3.8, 4) is 5.75 Å². The number of halogens is 1. The molecule has 0 aliphatic carbocycles.